The van der Waals surface area contributed by atoms with E-state index in [0.29, 0.717) is 16.9 Å². The van der Waals surface area contributed by atoms with E-state index in [1.54, 1.807) is 18.2 Å². The van der Waals surface area contributed by atoms with Gasteiger partial charge in [0.25, 0.3) is 5.91 Å². The number of aromatic nitrogens is 1. The molecule has 0 atom stereocenters. The van der Waals surface area contributed by atoms with Crippen LogP contribution < -0.4 is 4.80 Å². The van der Waals surface area contributed by atoms with E-state index in [1.807, 2.05) is 22.8 Å². The Bertz CT molecular complexity index is 974. The molecule has 0 aliphatic heterocycles. The van der Waals surface area contributed by atoms with Gasteiger partial charge in [-0.15, -0.1) is 6.58 Å². The largest absolute Gasteiger partial charge is 0.312 e. The molecule has 1 amide bonds. The number of hydrogen-bond acceptors (Lipinski definition) is 2. The van der Waals surface area contributed by atoms with Gasteiger partial charge in [-0.25, -0.2) is 4.39 Å². The quantitative estimate of drug-likeness (QED) is 0.442. The Morgan fingerprint density at radius 2 is 2.13 bits per heavy atom. The molecule has 0 aliphatic carbocycles. The lowest BCUT2D eigenvalue weighted by molar-refractivity contribution is 0.0997. The zero-order valence-electron chi connectivity index (χ0n) is 12.0. The molecule has 23 heavy (non-hydrogen) atoms. The molecule has 1 heterocycles. The molecule has 0 bridgehead atoms. The van der Waals surface area contributed by atoms with Crippen LogP contribution in [0.25, 0.3) is 10.2 Å². The van der Waals surface area contributed by atoms with Gasteiger partial charge in [0.2, 0.25) is 0 Å². The lowest BCUT2D eigenvalue weighted by Gasteiger charge is -2.01. The number of halogens is 2. The molecular weight excluding hydrogens is 426 g/mol. The number of thiazole rings is 1. The molecular formula is C17H12FIN2OS. The van der Waals surface area contributed by atoms with E-state index in [1.165, 1.54) is 23.5 Å². The van der Waals surface area contributed by atoms with E-state index in [-0.39, 0.29) is 11.7 Å². The van der Waals surface area contributed by atoms with Crippen molar-refractivity contribution in [2.75, 3.05) is 0 Å². The third kappa shape index (κ3) is 3.28. The van der Waals surface area contributed by atoms with Crippen LogP contribution in [0.5, 0.6) is 0 Å². The van der Waals surface area contributed by atoms with Crippen LogP contribution in [0.1, 0.15) is 10.4 Å². The van der Waals surface area contributed by atoms with Crippen molar-refractivity contribution in [2.45, 2.75) is 6.54 Å². The predicted octanol–water partition coefficient (Wildman–Crippen LogP) is 4.37. The zero-order valence-corrected chi connectivity index (χ0v) is 15.0. The Morgan fingerprint density at radius 1 is 1.35 bits per heavy atom. The Balaban J connectivity index is 2.18. The van der Waals surface area contributed by atoms with E-state index in [2.05, 4.69) is 34.2 Å². The summed E-state index contributed by atoms with van der Waals surface area (Å²) in [5.41, 5.74) is 1.40. The molecule has 3 nitrogen and oxygen atoms in total. The molecule has 0 N–H and O–H groups in total. The molecule has 3 aromatic rings. The summed E-state index contributed by atoms with van der Waals surface area (Å²) in [6, 6.07) is 11.8. The first-order chi connectivity index (χ1) is 11.1. The van der Waals surface area contributed by atoms with Crippen LogP contribution in [-0.4, -0.2) is 10.5 Å². The number of allylic oxidation sites excluding steroid dienone is 1. The van der Waals surface area contributed by atoms with Crippen molar-refractivity contribution < 1.29 is 9.18 Å². The maximum absolute atomic E-state index is 13.4. The summed E-state index contributed by atoms with van der Waals surface area (Å²) in [7, 11) is 0. The minimum Gasteiger partial charge on any atom is -0.312 e. The number of carbonyl (C=O) groups excluding carboxylic acids is 1. The van der Waals surface area contributed by atoms with Crippen molar-refractivity contribution in [1.29, 1.82) is 0 Å². The number of carbonyl (C=O) groups is 1. The summed E-state index contributed by atoms with van der Waals surface area (Å²) < 4.78 is 16.9. The number of hydrogen-bond donors (Lipinski definition) is 0. The van der Waals surface area contributed by atoms with Crippen molar-refractivity contribution in [2.24, 2.45) is 4.99 Å². The van der Waals surface area contributed by atoms with E-state index >= 15 is 0 Å². The third-order valence-corrected chi connectivity index (χ3v) is 5.24. The standard InChI is InChI=1S/C17H12FIN2OS/c1-2-9-21-14-8-7-11(18)10-15(14)23-17(21)20-16(22)12-5-3-4-6-13(12)19/h2-8,10H,1,9H2. The van der Waals surface area contributed by atoms with Crippen molar-refractivity contribution in [3.8, 4) is 0 Å². The first kappa shape index (κ1) is 16.1. The highest BCUT2D eigenvalue weighted by atomic mass is 127. The van der Waals surface area contributed by atoms with Crippen molar-refractivity contribution in [3.05, 3.63) is 74.9 Å². The second-order valence-corrected chi connectivity index (χ2v) is 6.96. The molecule has 0 unspecified atom stereocenters. The summed E-state index contributed by atoms with van der Waals surface area (Å²) in [4.78, 5) is 17.2. The van der Waals surface area contributed by atoms with E-state index in [4.69, 9.17) is 0 Å². The number of benzene rings is 2. The van der Waals surface area contributed by atoms with Gasteiger partial charge in [-0.05, 0) is 52.9 Å². The molecule has 3 rings (SSSR count). The highest BCUT2D eigenvalue weighted by Gasteiger charge is 2.11. The lowest BCUT2D eigenvalue weighted by Crippen LogP contribution is -2.16. The van der Waals surface area contributed by atoms with Crippen LogP contribution in [0.4, 0.5) is 4.39 Å². The maximum atomic E-state index is 13.4. The molecule has 6 heteroatoms. The Morgan fingerprint density at radius 3 is 2.87 bits per heavy atom. The molecule has 116 valence electrons. The first-order valence-corrected chi connectivity index (χ1v) is 8.73. The summed E-state index contributed by atoms with van der Waals surface area (Å²) in [6.45, 7) is 4.24. The van der Waals surface area contributed by atoms with Gasteiger partial charge in [0, 0.05) is 10.1 Å². The SMILES string of the molecule is C=CCn1c(=NC(=O)c2ccccc2I)sc2cc(F)ccc21. The van der Waals surface area contributed by atoms with Gasteiger partial charge < -0.3 is 4.57 Å². The van der Waals surface area contributed by atoms with Gasteiger partial charge in [-0.1, -0.05) is 29.5 Å². The van der Waals surface area contributed by atoms with Crippen LogP contribution in [0.15, 0.2) is 60.1 Å². The minimum absolute atomic E-state index is 0.306. The van der Waals surface area contributed by atoms with Crippen LogP contribution in [-0.2, 0) is 6.54 Å². The maximum Gasteiger partial charge on any atom is 0.280 e. The molecule has 0 saturated heterocycles. The first-order valence-electron chi connectivity index (χ1n) is 6.83. The Kier molecular flexibility index (Phi) is 4.72. The molecule has 1 aromatic heterocycles. The van der Waals surface area contributed by atoms with E-state index in [9.17, 15) is 9.18 Å². The van der Waals surface area contributed by atoms with Gasteiger partial charge in [0.05, 0.1) is 15.8 Å². The third-order valence-electron chi connectivity index (χ3n) is 3.26. The van der Waals surface area contributed by atoms with Gasteiger partial charge >= 0.3 is 0 Å². The number of rotatable bonds is 3. The molecule has 0 aliphatic rings. The van der Waals surface area contributed by atoms with E-state index in [0.717, 1.165) is 13.8 Å². The van der Waals surface area contributed by atoms with Gasteiger partial charge in [0.15, 0.2) is 4.80 Å². The minimum atomic E-state index is -0.306. The smallest absolute Gasteiger partial charge is 0.280 e. The number of fused-ring (bicyclic) bond motifs is 1. The number of amides is 1. The van der Waals surface area contributed by atoms with Gasteiger partial charge in [0.1, 0.15) is 5.82 Å². The predicted molar refractivity (Wildman–Crippen MR) is 99.0 cm³/mol. The topological polar surface area (TPSA) is 34.4 Å². The average Bonchev–Trinajstić information content (AvgIpc) is 2.84. The van der Waals surface area contributed by atoms with Gasteiger partial charge in [-0.3, -0.25) is 4.79 Å². The summed E-state index contributed by atoms with van der Waals surface area (Å²) >= 11 is 3.40. The van der Waals surface area contributed by atoms with Crippen molar-refractivity contribution in [3.63, 3.8) is 0 Å². The van der Waals surface area contributed by atoms with Crippen LogP contribution in [0, 0.1) is 9.39 Å². The molecule has 0 saturated carbocycles. The fourth-order valence-corrected chi connectivity index (χ4v) is 3.90. The fourth-order valence-electron chi connectivity index (χ4n) is 2.22. The summed E-state index contributed by atoms with van der Waals surface area (Å²) in [5.74, 6) is -0.611. The van der Waals surface area contributed by atoms with Crippen molar-refractivity contribution in [1.82, 2.24) is 4.57 Å². The monoisotopic (exact) mass is 438 g/mol. The van der Waals surface area contributed by atoms with Crippen LogP contribution in [0.3, 0.4) is 0 Å². The lowest BCUT2D eigenvalue weighted by atomic mass is 10.2. The molecule has 2 aromatic carbocycles. The number of nitrogens with zero attached hydrogens (tertiary/aromatic N) is 2. The van der Waals surface area contributed by atoms with E-state index < -0.39 is 0 Å². The normalized spacial score (nSPS) is 11.8. The average molecular weight is 438 g/mol. The highest BCUT2D eigenvalue weighted by Crippen LogP contribution is 2.19. The molecule has 0 radical (unpaired) electrons. The van der Waals surface area contributed by atoms with Crippen LogP contribution >= 0.6 is 33.9 Å². The zero-order chi connectivity index (χ0) is 16.4. The van der Waals surface area contributed by atoms with Crippen molar-refractivity contribution >= 4 is 50.1 Å². The second kappa shape index (κ2) is 6.76. The summed E-state index contributed by atoms with van der Waals surface area (Å²) in [5, 5.41) is 0. The van der Waals surface area contributed by atoms with Gasteiger partial charge in [-0.2, -0.15) is 4.99 Å². The Hall–Kier alpha value is -1.80. The second-order valence-electron chi connectivity index (χ2n) is 4.79. The van der Waals surface area contributed by atoms with Crippen LogP contribution in [0.2, 0.25) is 0 Å². The Labute approximate surface area is 149 Å². The molecule has 0 spiro atoms. The fraction of sp³-hybridized carbons (Fsp3) is 0.0588. The molecule has 0 fully saturated rings. The highest BCUT2D eigenvalue weighted by molar-refractivity contribution is 14.1. The summed E-state index contributed by atoms with van der Waals surface area (Å²) in [6.07, 6.45) is 1.73.